The van der Waals surface area contributed by atoms with E-state index < -0.39 is 6.61 Å². The Morgan fingerprint density at radius 1 is 1.29 bits per heavy atom. The second-order valence-corrected chi connectivity index (χ2v) is 7.15. The van der Waals surface area contributed by atoms with Gasteiger partial charge in [0.15, 0.2) is 5.96 Å². The van der Waals surface area contributed by atoms with Crippen LogP contribution >= 0.6 is 24.0 Å². The summed E-state index contributed by atoms with van der Waals surface area (Å²) < 4.78 is 28.9. The van der Waals surface area contributed by atoms with Crippen LogP contribution in [0.1, 0.15) is 31.7 Å². The predicted molar refractivity (Wildman–Crippen MR) is 121 cm³/mol. The van der Waals surface area contributed by atoms with Crippen molar-refractivity contribution in [2.75, 3.05) is 40.3 Å². The highest BCUT2D eigenvalue weighted by atomic mass is 127. The van der Waals surface area contributed by atoms with Crippen molar-refractivity contribution in [1.29, 1.82) is 0 Å². The number of halogens is 3. The van der Waals surface area contributed by atoms with E-state index in [1.54, 1.807) is 24.3 Å². The topological polar surface area (TPSA) is 40.1 Å². The number of benzene rings is 1. The first kappa shape index (κ1) is 24.9. The molecular formula is C20H33F2IN4O. The van der Waals surface area contributed by atoms with Crippen LogP contribution in [0, 0.1) is 5.92 Å². The maximum Gasteiger partial charge on any atom is 0.387 e. The quantitative estimate of drug-likeness (QED) is 0.326. The van der Waals surface area contributed by atoms with E-state index in [1.165, 1.54) is 25.9 Å². The molecule has 1 aromatic rings. The van der Waals surface area contributed by atoms with Crippen molar-refractivity contribution >= 4 is 29.9 Å². The van der Waals surface area contributed by atoms with E-state index in [1.807, 2.05) is 7.05 Å². The van der Waals surface area contributed by atoms with Crippen LogP contribution in [-0.4, -0.2) is 62.6 Å². The van der Waals surface area contributed by atoms with Gasteiger partial charge >= 0.3 is 6.61 Å². The molecule has 8 heteroatoms. The Morgan fingerprint density at radius 2 is 1.93 bits per heavy atom. The summed E-state index contributed by atoms with van der Waals surface area (Å²) in [6.07, 6.45) is 3.63. The Hall–Kier alpha value is -1.16. The van der Waals surface area contributed by atoms with Crippen LogP contribution in [0.5, 0.6) is 5.75 Å². The second kappa shape index (κ2) is 13.1. The van der Waals surface area contributed by atoms with Crippen molar-refractivity contribution in [3.05, 3.63) is 29.8 Å². The van der Waals surface area contributed by atoms with Crippen LogP contribution in [0.25, 0.3) is 0 Å². The third-order valence-electron chi connectivity index (χ3n) is 4.90. The molecule has 1 N–H and O–H groups in total. The average Bonchev–Trinajstić information content (AvgIpc) is 2.64. The van der Waals surface area contributed by atoms with Crippen LogP contribution in [0.4, 0.5) is 8.78 Å². The van der Waals surface area contributed by atoms with Gasteiger partial charge in [-0.3, -0.25) is 4.99 Å². The van der Waals surface area contributed by atoms with Gasteiger partial charge in [-0.05, 0) is 69.9 Å². The van der Waals surface area contributed by atoms with Gasteiger partial charge < -0.3 is 19.9 Å². The van der Waals surface area contributed by atoms with Crippen LogP contribution < -0.4 is 10.1 Å². The summed E-state index contributed by atoms with van der Waals surface area (Å²) in [7, 11) is 4.17. The standard InChI is InChI=1S/C20H32F2N4O.HI/c1-4-23-20(24-12-9-16-10-13-25(2)14-11-16)26(3)15-17-5-7-18(8-6-17)27-19(21)22;/h5-8,16,19H,4,9-15H2,1-3H3,(H,23,24);1H. The van der Waals surface area contributed by atoms with Crippen molar-refractivity contribution in [3.63, 3.8) is 0 Å². The fourth-order valence-corrected chi connectivity index (χ4v) is 3.30. The Bertz CT molecular complexity index is 578. The lowest BCUT2D eigenvalue weighted by Crippen LogP contribution is -2.38. The lowest BCUT2D eigenvalue weighted by molar-refractivity contribution is -0.0498. The smallest absolute Gasteiger partial charge is 0.387 e. The van der Waals surface area contributed by atoms with E-state index in [0.717, 1.165) is 37.0 Å². The lowest BCUT2D eigenvalue weighted by atomic mass is 9.94. The second-order valence-electron chi connectivity index (χ2n) is 7.15. The van der Waals surface area contributed by atoms with Crippen molar-refractivity contribution in [2.45, 2.75) is 39.3 Å². The summed E-state index contributed by atoms with van der Waals surface area (Å²) in [5, 5.41) is 3.33. The van der Waals surface area contributed by atoms with Crippen LogP contribution in [0.15, 0.2) is 29.3 Å². The molecule has 2 rings (SSSR count). The number of likely N-dealkylation sites (tertiary alicyclic amines) is 1. The molecule has 1 saturated heterocycles. The summed E-state index contributed by atoms with van der Waals surface area (Å²) in [6.45, 7) is 3.89. The number of hydrogen-bond acceptors (Lipinski definition) is 3. The van der Waals surface area contributed by atoms with Crippen molar-refractivity contribution < 1.29 is 13.5 Å². The largest absolute Gasteiger partial charge is 0.435 e. The molecular weight excluding hydrogens is 477 g/mol. The summed E-state index contributed by atoms with van der Waals surface area (Å²) in [5.41, 5.74) is 1.01. The highest BCUT2D eigenvalue weighted by Crippen LogP contribution is 2.19. The lowest BCUT2D eigenvalue weighted by Gasteiger charge is -2.28. The molecule has 1 fully saturated rings. The molecule has 160 valence electrons. The number of alkyl halides is 2. The van der Waals surface area contributed by atoms with E-state index in [2.05, 4.69) is 33.8 Å². The van der Waals surface area contributed by atoms with Crippen LogP contribution in [0.3, 0.4) is 0 Å². The van der Waals surface area contributed by atoms with E-state index in [-0.39, 0.29) is 29.7 Å². The molecule has 0 unspecified atom stereocenters. The number of ether oxygens (including phenoxy) is 1. The van der Waals surface area contributed by atoms with Crippen molar-refractivity contribution in [3.8, 4) is 5.75 Å². The molecule has 28 heavy (non-hydrogen) atoms. The fraction of sp³-hybridized carbons (Fsp3) is 0.650. The Labute approximate surface area is 184 Å². The van der Waals surface area contributed by atoms with Gasteiger partial charge in [-0.2, -0.15) is 8.78 Å². The van der Waals surface area contributed by atoms with Gasteiger partial charge in [0, 0.05) is 26.7 Å². The Kier molecular flexibility index (Phi) is 11.7. The monoisotopic (exact) mass is 510 g/mol. The zero-order valence-corrected chi connectivity index (χ0v) is 19.4. The molecule has 0 amide bonds. The van der Waals surface area contributed by atoms with Crippen molar-refractivity contribution in [1.82, 2.24) is 15.1 Å². The van der Waals surface area contributed by atoms with E-state index in [0.29, 0.717) is 6.54 Å². The SMILES string of the molecule is CCNC(=NCCC1CCN(C)CC1)N(C)Cc1ccc(OC(F)F)cc1.I. The van der Waals surface area contributed by atoms with Gasteiger partial charge in [0.05, 0.1) is 0 Å². The van der Waals surface area contributed by atoms with Gasteiger partial charge in [0.2, 0.25) is 0 Å². The molecule has 0 atom stereocenters. The normalized spacial score (nSPS) is 16.0. The highest BCUT2D eigenvalue weighted by Gasteiger charge is 2.16. The van der Waals surface area contributed by atoms with E-state index in [4.69, 9.17) is 4.99 Å². The number of hydrogen-bond donors (Lipinski definition) is 1. The molecule has 1 aliphatic rings. The summed E-state index contributed by atoms with van der Waals surface area (Å²) >= 11 is 0. The molecule has 0 radical (unpaired) electrons. The maximum absolute atomic E-state index is 12.2. The van der Waals surface area contributed by atoms with E-state index >= 15 is 0 Å². The van der Waals surface area contributed by atoms with E-state index in [9.17, 15) is 8.78 Å². The maximum atomic E-state index is 12.2. The van der Waals surface area contributed by atoms with Gasteiger partial charge in [-0.25, -0.2) is 0 Å². The molecule has 0 aliphatic carbocycles. The number of nitrogens with zero attached hydrogens (tertiary/aromatic N) is 3. The first-order valence-electron chi connectivity index (χ1n) is 9.69. The van der Waals surface area contributed by atoms with Crippen LogP contribution in [0.2, 0.25) is 0 Å². The third kappa shape index (κ3) is 8.89. The highest BCUT2D eigenvalue weighted by molar-refractivity contribution is 14.0. The van der Waals surface area contributed by atoms with Gasteiger partial charge in [-0.1, -0.05) is 12.1 Å². The van der Waals surface area contributed by atoms with Crippen molar-refractivity contribution in [2.24, 2.45) is 10.9 Å². The number of piperidine rings is 1. The molecule has 0 bridgehead atoms. The minimum atomic E-state index is -2.80. The molecule has 0 saturated carbocycles. The zero-order chi connectivity index (χ0) is 19.6. The average molecular weight is 510 g/mol. The summed E-state index contributed by atoms with van der Waals surface area (Å²) in [5.74, 6) is 1.81. The number of nitrogens with one attached hydrogen (secondary N) is 1. The molecule has 1 aliphatic heterocycles. The Balaban J connectivity index is 0.00000392. The molecule has 0 spiro atoms. The first-order valence-corrected chi connectivity index (χ1v) is 9.69. The third-order valence-corrected chi connectivity index (χ3v) is 4.90. The summed E-state index contributed by atoms with van der Waals surface area (Å²) in [4.78, 5) is 9.21. The number of aliphatic imine (C=N–C) groups is 1. The van der Waals surface area contributed by atoms with Gasteiger partial charge in [-0.15, -0.1) is 24.0 Å². The summed E-state index contributed by atoms with van der Waals surface area (Å²) in [6, 6.07) is 6.74. The molecule has 0 aromatic heterocycles. The minimum Gasteiger partial charge on any atom is -0.435 e. The molecule has 1 aromatic carbocycles. The minimum absolute atomic E-state index is 0. The molecule has 1 heterocycles. The Morgan fingerprint density at radius 3 is 2.50 bits per heavy atom. The number of rotatable bonds is 8. The first-order chi connectivity index (χ1) is 13.0. The molecule has 5 nitrogen and oxygen atoms in total. The van der Waals surface area contributed by atoms with Gasteiger partial charge in [0.1, 0.15) is 5.75 Å². The predicted octanol–water partition coefficient (Wildman–Crippen LogP) is 4.04. The van der Waals surface area contributed by atoms with Crippen LogP contribution in [-0.2, 0) is 6.54 Å². The number of guanidine groups is 1. The van der Waals surface area contributed by atoms with Gasteiger partial charge in [0.25, 0.3) is 0 Å². The zero-order valence-electron chi connectivity index (χ0n) is 17.0. The fourth-order valence-electron chi connectivity index (χ4n) is 3.30.